The van der Waals surface area contributed by atoms with Gasteiger partial charge in [-0.1, -0.05) is 12.1 Å². The summed E-state index contributed by atoms with van der Waals surface area (Å²) < 4.78 is 11.2. The van der Waals surface area contributed by atoms with Gasteiger partial charge < -0.3 is 25.0 Å². The molecule has 0 unspecified atom stereocenters. The molecule has 8 heteroatoms. The minimum atomic E-state index is -0.341. The number of hydrogen-bond donors (Lipinski definition) is 2. The lowest BCUT2D eigenvalue weighted by Crippen LogP contribution is -2.32. The lowest BCUT2D eigenvalue weighted by Gasteiger charge is -2.18. The number of ether oxygens (including phenoxy) is 2. The van der Waals surface area contributed by atoms with Gasteiger partial charge in [-0.15, -0.1) is 0 Å². The molecule has 0 saturated carbocycles. The molecule has 0 atom stereocenters. The first-order valence-corrected chi connectivity index (χ1v) is 9.70. The zero-order valence-corrected chi connectivity index (χ0v) is 17.3. The third-order valence-corrected chi connectivity index (χ3v) is 5.30. The van der Waals surface area contributed by atoms with Gasteiger partial charge in [0.1, 0.15) is 16.0 Å². The second kappa shape index (κ2) is 8.97. The topological polar surface area (TPSA) is 79.9 Å². The van der Waals surface area contributed by atoms with Crippen LogP contribution in [-0.4, -0.2) is 44.1 Å². The van der Waals surface area contributed by atoms with E-state index in [0.717, 1.165) is 25.9 Å². The Morgan fingerprint density at radius 3 is 2.04 bits per heavy atom. The first-order valence-electron chi connectivity index (χ1n) is 8.91. The molecule has 2 aromatic carbocycles. The maximum atomic E-state index is 12.8. The van der Waals surface area contributed by atoms with Gasteiger partial charge in [0.15, 0.2) is 0 Å². The van der Waals surface area contributed by atoms with Crippen LogP contribution in [0.25, 0.3) is 0 Å². The monoisotopic (exact) mass is 447 g/mol. The lowest BCUT2D eigenvalue weighted by molar-refractivity contribution is 0.102. The Morgan fingerprint density at radius 2 is 1.50 bits per heavy atom. The number of nitrogens with zero attached hydrogens (tertiary/aromatic N) is 1. The van der Waals surface area contributed by atoms with Gasteiger partial charge in [0.25, 0.3) is 5.91 Å². The van der Waals surface area contributed by atoms with E-state index in [1.165, 1.54) is 14.2 Å². The summed E-state index contributed by atoms with van der Waals surface area (Å²) in [5, 5.41) is 5.73. The van der Waals surface area contributed by atoms with E-state index in [1.807, 2.05) is 0 Å². The number of hydrogen-bond acceptors (Lipinski definition) is 4. The number of para-hydroxylation sites is 2. The minimum Gasteiger partial charge on any atom is -0.495 e. The molecule has 7 nitrogen and oxygen atoms in total. The molecule has 3 amide bonds. The fraction of sp³-hybridized carbons (Fsp3) is 0.300. The Labute approximate surface area is 172 Å². The molecule has 3 rings (SSSR count). The first-order chi connectivity index (χ1) is 13.5. The largest absolute Gasteiger partial charge is 0.495 e. The fourth-order valence-electron chi connectivity index (χ4n) is 3.01. The molecule has 1 aliphatic heterocycles. The predicted molar refractivity (Wildman–Crippen MR) is 111 cm³/mol. The lowest BCUT2D eigenvalue weighted by atomic mass is 10.1. The van der Waals surface area contributed by atoms with Crippen LogP contribution >= 0.6 is 15.9 Å². The van der Waals surface area contributed by atoms with E-state index >= 15 is 0 Å². The molecule has 1 fully saturated rings. The number of rotatable bonds is 5. The number of urea groups is 1. The Kier molecular flexibility index (Phi) is 6.41. The van der Waals surface area contributed by atoms with E-state index in [4.69, 9.17) is 9.47 Å². The number of carbonyl (C=O) groups is 2. The van der Waals surface area contributed by atoms with Gasteiger partial charge in [-0.3, -0.25) is 4.79 Å². The van der Waals surface area contributed by atoms with Crippen molar-refractivity contribution in [2.24, 2.45) is 0 Å². The van der Waals surface area contributed by atoms with E-state index in [1.54, 1.807) is 41.3 Å². The SMILES string of the molecule is COc1cc(C(=O)Nc2ccccc2NC(=O)N2CCCC2)cc(OC)c1Br. The van der Waals surface area contributed by atoms with Crippen LogP contribution < -0.4 is 20.1 Å². The zero-order chi connectivity index (χ0) is 20.1. The smallest absolute Gasteiger partial charge is 0.321 e. The Bertz CT molecular complexity index is 856. The van der Waals surface area contributed by atoms with Gasteiger partial charge in [-0.25, -0.2) is 4.79 Å². The van der Waals surface area contributed by atoms with Crippen LogP contribution in [0.5, 0.6) is 11.5 Å². The number of likely N-dealkylation sites (tertiary alicyclic amines) is 1. The Balaban J connectivity index is 1.80. The van der Waals surface area contributed by atoms with Crippen LogP contribution in [-0.2, 0) is 0 Å². The molecule has 148 valence electrons. The summed E-state index contributed by atoms with van der Waals surface area (Å²) in [7, 11) is 3.04. The van der Waals surface area contributed by atoms with Gasteiger partial charge >= 0.3 is 6.03 Å². The van der Waals surface area contributed by atoms with Crippen LogP contribution in [0, 0.1) is 0 Å². The summed E-state index contributed by atoms with van der Waals surface area (Å²) in [5.41, 5.74) is 1.43. The molecule has 2 N–H and O–H groups in total. The number of nitrogens with one attached hydrogen (secondary N) is 2. The van der Waals surface area contributed by atoms with E-state index in [9.17, 15) is 9.59 Å². The average molecular weight is 448 g/mol. The Hall–Kier alpha value is -2.74. The van der Waals surface area contributed by atoms with Crippen molar-refractivity contribution in [1.29, 1.82) is 0 Å². The molecule has 1 aliphatic rings. The maximum Gasteiger partial charge on any atom is 0.321 e. The highest BCUT2D eigenvalue weighted by molar-refractivity contribution is 9.10. The molecular formula is C20H22BrN3O4. The number of carbonyl (C=O) groups excluding carboxylic acids is 2. The summed E-state index contributed by atoms with van der Waals surface area (Å²) in [6.07, 6.45) is 2.03. The number of methoxy groups -OCH3 is 2. The molecule has 0 spiro atoms. The van der Waals surface area contributed by atoms with Crippen molar-refractivity contribution in [2.45, 2.75) is 12.8 Å². The molecule has 0 radical (unpaired) electrons. The van der Waals surface area contributed by atoms with Crippen molar-refractivity contribution in [3.05, 3.63) is 46.4 Å². The quantitative estimate of drug-likeness (QED) is 0.713. The van der Waals surface area contributed by atoms with E-state index in [-0.39, 0.29) is 11.9 Å². The second-order valence-electron chi connectivity index (χ2n) is 6.32. The standard InChI is InChI=1S/C20H22BrN3O4/c1-27-16-11-13(12-17(28-2)18(16)21)19(25)22-14-7-3-4-8-15(14)23-20(26)24-9-5-6-10-24/h3-4,7-8,11-12H,5-6,9-10H2,1-2H3,(H,22,25)(H,23,26). The van der Waals surface area contributed by atoms with Crippen LogP contribution in [0.2, 0.25) is 0 Å². The van der Waals surface area contributed by atoms with Crippen LogP contribution in [0.3, 0.4) is 0 Å². The van der Waals surface area contributed by atoms with Crippen molar-refractivity contribution in [2.75, 3.05) is 37.9 Å². The highest BCUT2D eigenvalue weighted by Gasteiger charge is 2.20. The van der Waals surface area contributed by atoms with Gasteiger partial charge in [0.2, 0.25) is 0 Å². The van der Waals surface area contributed by atoms with Crippen LogP contribution in [0.4, 0.5) is 16.2 Å². The van der Waals surface area contributed by atoms with Crippen molar-refractivity contribution in [1.82, 2.24) is 4.90 Å². The van der Waals surface area contributed by atoms with Crippen LogP contribution in [0.15, 0.2) is 40.9 Å². The first kappa shape index (κ1) is 20.0. The highest BCUT2D eigenvalue weighted by atomic mass is 79.9. The molecular weight excluding hydrogens is 426 g/mol. The Morgan fingerprint density at radius 1 is 0.964 bits per heavy atom. The molecule has 2 aromatic rings. The third kappa shape index (κ3) is 4.39. The van der Waals surface area contributed by atoms with Gasteiger partial charge in [0, 0.05) is 18.7 Å². The maximum absolute atomic E-state index is 12.8. The van der Waals surface area contributed by atoms with Gasteiger partial charge in [0.05, 0.1) is 25.6 Å². The van der Waals surface area contributed by atoms with E-state index < -0.39 is 0 Å². The molecule has 1 saturated heterocycles. The van der Waals surface area contributed by atoms with Crippen molar-refractivity contribution >= 4 is 39.2 Å². The van der Waals surface area contributed by atoms with Crippen molar-refractivity contribution in [3.8, 4) is 11.5 Å². The number of benzene rings is 2. The molecule has 0 aliphatic carbocycles. The number of amides is 3. The van der Waals surface area contributed by atoms with Gasteiger partial charge in [-0.05, 0) is 53.0 Å². The van der Waals surface area contributed by atoms with E-state index in [0.29, 0.717) is 32.9 Å². The van der Waals surface area contributed by atoms with Crippen molar-refractivity contribution < 1.29 is 19.1 Å². The average Bonchev–Trinajstić information content (AvgIpc) is 3.24. The highest BCUT2D eigenvalue weighted by Crippen LogP contribution is 2.36. The van der Waals surface area contributed by atoms with E-state index in [2.05, 4.69) is 26.6 Å². The second-order valence-corrected chi connectivity index (χ2v) is 7.11. The summed E-state index contributed by atoms with van der Waals surface area (Å²) in [5.74, 6) is 0.632. The van der Waals surface area contributed by atoms with Crippen molar-refractivity contribution in [3.63, 3.8) is 0 Å². The summed E-state index contributed by atoms with van der Waals surface area (Å²) in [6.45, 7) is 1.50. The normalized spacial score (nSPS) is 13.2. The van der Waals surface area contributed by atoms with Crippen LogP contribution in [0.1, 0.15) is 23.2 Å². The summed E-state index contributed by atoms with van der Waals surface area (Å²) in [6, 6.07) is 10.2. The molecule has 1 heterocycles. The predicted octanol–water partition coefficient (Wildman–Crippen LogP) is 4.35. The third-order valence-electron chi connectivity index (χ3n) is 4.52. The fourth-order valence-corrected chi connectivity index (χ4v) is 3.56. The van der Waals surface area contributed by atoms with Gasteiger partial charge in [-0.2, -0.15) is 0 Å². The molecule has 28 heavy (non-hydrogen) atoms. The molecule has 0 bridgehead atoms. The summed E-state index contributed by atoms with van der Waals surface area (Å²) >= 11 is 3.39. The number of anilines is 2. The number of halogens is 1. The summed E-state index contributed by atoms with van der Waals surface area (Å²) in [4.78, 5) is 27.0. The molecule has 0 aromatic heterocycles. The zero-order valence-electron chi connectivity index (χ0n) is 15.8. The minimum absolute atomic E-state index is 0.161.